The van der Waals surface area contributed by atoms with Gasteiger partial charge in [-0.1, -0.05) is 6.92 Å². The summed E-state index contributed by atoms with van der Waals surface area (Å²) in [6.45, 7) is 5.49. The first-order valence-corrected chi connectivity index (χ1v) is 6.43. The molecule has 0 aromatic carbocycles. The zero-order valence-electron chi connectivity index (χ0n) is 10.1. The van der Waals surface area contributed by atoms with Crippen molar-refractivity contribution in [2.75, 3.05) is 26.2 Å². The van der Waals surface area contributed by atoms with Crippen molar-refractivity contribution in [1.82, 2.24) is 10.2 Å². The van der Waals surface area contributed by atoms with E-state index in [9.17, 15) is 4.79 Å². The Hall–Kier alpha value is -0.610. The summed E-state index contributed by atoms with van der Waals surface area (Å²) in [5.41, 5.74) is 0. The third-order valence-electron chi connectivity index (χ3n) is 3.18. The highest BCUT2D eigenvalue weighted by Crippen LogP contribution is 2.27. The van der Waals surface area contributed by atoms with Crippen molar-refractivity contribution in [3.63, 3.8) is 0 Å². The van der Waals surface area contributed by atoms with Gasteiger partial charge in [0.15, 0.2) is 0 Å². The van der Waals surface area contributed by atoms with Crippen molar-refractivity contribution in [2.45, 2.75) is 44.8 Å². The van der Waals surface area contributed by atoms with Crippen LogP contribution in [0.2, 0.25) is 0 Å². The van der Waals surface area contributed by atoms with Gasteiger partial charge < -0.3 is 15.0 Å². The first kappa shape index (κ1) is 11.9. The zero-order chi connectivity index (χ0) is 11.4. The molecule has 1 saturated heterocycles. The Kier molecular flexibility index (Phi) is 4.18. The van der Waals surface area contributed by atoms with Gasteiger partial charge in [-0.25, -0.2) is 0 Å². The standard InChI is InChI=1S/C12H22N2O2/c1-2-6-14(10-3-4-10)12(15)8-11-9-13-5-7-16-11/h10-11,13H,2-9H2,1H3. The zero-order valence-corrected chi connectivity index (χ0v) is 10.1. The minimum absolute atomic E-state index is 0.0827. The third-order valence-corrected chi connectivity index (χ3v) is 3.18. The number of hydrogen-bond donors (Lipinski definition) is 1. The number of nitrogens with zero attached hydrogens (tertiary/aromatic N) is 1. The second kappa shape index (κ2) is 5.64. The van der Waals surface area contributed by atoms with Gasteiger partial charge in [0.2, 0.25) is 5.91 Å². The lowest BCUT2D eigenvalue weighted by atomic mass is 10.2. The number of ether oxygens (including phenoxy) is 1. The summed E-state index contributed by atoms with van der Waals surface area (Å²) in [6.07, 6.45) is 4.06. The Balaban J connectivity index is 1.79. The number of carbonyl (C=O) groups excluding carboxylic acids is 1. The molecule has 1 atom stereocenters. The molecule has 0 aromatic heterocycles. The van der Waals surface area contributed by atoms with E-state index in [4.69, 9.17) is 4.74 Å². The number of morpholine rings is 1. The Morgan fingerprint density at radius 3 is 2.88 bits per heavy atom. The van der Waals surface area contributed by atoms with Gasteiger partial charge in [0.1, 0.15) is 0 Å². The van der Waals surface area contributed by atoms with Crippen LogP contribution in [0.25, 0.3) is 0 Å². The third kappa shape index (κ3) is 3.19. The van der Waals surface area contributed by atoms with E-state index in [1.165, 1.54) is 12.8 Å². The predicted molar refractivity (Wildman–Crippen MR) is 62.3 cm³/mol. The van der Waals surface area contributed by atoms with Gasteiger partial charge in [-0.3, -0.25) is 4.79 Å². The summed E-state index contributed by atoms with van der Waals surface area (Å²) in [7, 11) is 0. The molecule has 1 amide bonds. The van der Waals surface area contributed by atoms with Gasteiger partial charge in [0, 0.05) is 25.7 Å². The lowest BCUT2D eigenvalue weighted by Crippen LogP contribution is -2.43. The molecule has 2 aliphatic rings. The molecule has 1 N–H and O–H groups in total. The first-order valence-electron chi connectivity index (χ1n) is 6.43. The second-order valence-corrected chi connectivity index (χ2v) is 4.72. The van der Waals surface area contributed by atoms with E-state index in [-0.39, 0.29) is 12.0 Å². The smallest absolute Gasteiger partial charge is 0.225 e. The van der Waals surface area contributed by atoms with Gasteiger partial charge in [0.05, 0.1) is 19.1 Å². The number of amides is 1. The molecule has 2 fully saturated rings. The fourth-order valence-electron chi connectivity index (χ4n) is 2.20. The van der Waals surface area contributed by atoms with Crippen molar-refractivity contribution in [3.8, 4) is 0 Å². The summed E-state index contributed by atoms with van der Waals surface area (Å²) in [6, 6.07) is 0.531. The van der Waals surface area contributed by atoms with E-state index >= 15 is 0 Å². The first-order chi connectivity index (χ1) is 7.81. The van der Waals surface area contributed by atoms with Gasteiger partial charge in [0.25, 0.3) is 0 Å². The number of hydrogen-bond acceptors (Lipinski definition) is 3. The van der Waals surface area contributed by atoms with Crippen LogP contribution in [0.5, 0.6) is 0 Å². The second-order valence-electron chi connectivity index (χ2n) is 4.72. The van der Waals surface area contributed by atoms with Crippen LogP contribution in [-0.4, -0.2) is 49.2 Å². The van der Waals surface area contributed by atoms with E-state index in [1.807, 2.05) is 0 Å². The quantitative estimate of drug-likeness (QED) is 0.752. The number of nitrogens with one attached hydrogen (secondary N) is 1. The average Bonchev–Trinajstić information content (AvgIpc) is 3.11. The highest BCUT2D eigenvalue weighted by atomic mass is 16.5. The van der Waals surface area contributed by atoms with E-state index < -0.39 is 0 Å². The topological polar surface area (TPSA) is 41.6 Å². The van der Waals surface area contributed by atoms with Gasteiger partial charge in [-0.05, 0) is 19.3 Å². The van der Waals surface area contributed by atoms with Crippen molar-refractivity contribution < 1.29 is 9.53 Å². The Morgan fingerprint density at radius 2 is 2.31 bits per heavy atom. The molecule has 1 saturated carbocycles. The molecule has 0 spiro atoms. The van der Waals surface area contributed by atoms with E-state index in [0.29, 0.717) is 12.5 Å². The summed E-state index contributed by atoms with van der Waals surface area (Å²) in [5.74, 6) is 0.276. The van der Waals surface area contributed by atoms with Crippen molar-refractivity contribution in [2.24, 2.45) is 0 Å². The summed E-state index contributed by atoms with van der Waals surface area (Å²) >= 11 is 0. The molecular formula is C12H22N2O2. The molecule has 2 rings (SSSR count). The normalized spacial score (nSPS) is 25.4. The van der Waals surface area contributed by atoms with E-state index in [0.717, 1.165) is 32.7 Å². The van der Waals surface area contributed by atoms with Gasteiger partial charge >= 0.3 is 0 Å². The molecular weight excluding hydrogens is 204 g/mol. The number of carbonyl (C=O) groups is 1. The van der Waals surface area contributed by atoms with Crippen LogP contribution in [0.1, 0.15) is 32.6 Å². The molecule has 0 bridgehead atoms. The van der Waals surface area contributed by atoms with Crippen LogP contribution in [0.3, 0.4) is 0 Å². The van der Waals surface area contributed by atoms with Crippen molar-refractivity contribution in [1.29, 1.82) is 0 Å². The SMILES string of the molecule is CCCN(C(=O)CC1CNCCO1)C1CC1. The molecule has 0 aromatic rings. The fourth-order valence-corrected chi connectivity index (χ4v) is 2.20. The number of rotatable bonds is 5. The van der Waals surface area contributed by atoms with Crippen LogP contribution in [0, 0.1) is 0 Å². The van der Waals surface area contributed by atoms with Crippen LogP contribution < -0.4 is 5.32 Å². The molecule has 16 heavy (non-hydrogen) atoms. The van der Waals surface area contributed by atoms with Gasteiger partial charge in [-0.15, -0.1) is 0 Å². The summed E-state index contributed by atoms with van der Waals surface area (Å²) < 4.78 is 5.57. The molecule has 0 radical (unpaired) electrons. The average molecular weight is 226 g/mol. The Bertz CT molecular complexity index is 235. The minimum atomic E-state index is 0.0827. The lowest BCUT2D eigenvalue weighted by Gasteiger charge is -2.27. The summed E-state index contributed by atoms with van der Waals surface area (Å²) in [5, 5.41) is 3.26. The van der Waals surface area contributed by atoms with Crippen LogP contribution in [-0.2, 0) is 9.53 Å². The van der Waals surface area contributed by atoms with Crippen molar-refractivity contribution in [3.05, 3.63) is 0 Å². The largest absolute Gasteiger partial charge is 0.375 e. The Labute approximate surface area is 97.3 Å². The fraction of sp³-hybridized carbons (Fsp3) is 0.917. The molecule has 92 valence electrons. The maximum absolute atomic E-state index is 12.1. The molecule has 1 unspecified atom stereocenters. The lowest BCUT2D eigenvalue weighted by molar-refractivity contribution is -0.135. The highest BCUT2D eigenvalue weighted by Gasteiger charge is 2.32. The molecule has 4 heteroatoms. The van der Waals surface area contributed by atoms with Crippen LogP contribution in [0.15, 0.2) is 0 Å². The van der Waals surface area contributed by atoms with Crippen LogP contribution >= 0.6 is 0 Å². The molecule has 1 aliphatic carbocycles. The van der Waals surface area contributed by atoms with Gasteiger partial charge in [-0.2, -0.15) is 0 Å². The molecule has 1 heterocycles. The maximum Gasteiger partial charge on any atom is 0.225 e. The van der Waals surface area contributed by atoms with Crippen molar-refractivity contribution >= 4 is 5.91 Å². The highest BCUT2D eigenvalue weighted by molar-refractivity contribution is 5.77. The van der Waals surface area contributed by atoms with Crippen LogP contribution in [0.4, 0.5) is 0 Å². The monoisotopic (exact) mass is 226 g/mol. The Morgan fingerprint density at radius 1 is 1.50 bits per heavy atom. The molecule has 1 aliphatic heterocycles. The maximum atomic E-state index is 12.1. The minimum Gasteiger partial charge on any atom is -0.375 e. The summed E-state index contributed by atoms with van der Waals surface area (Å²) in [4.78, 5) is 14.2. The van der Waals surface area contributed by atoms with E-state index in [2.05, 4.69) is 17.1 Å². The molecule has 4 nitrogen and oxygen atoms in total. The predicted octanol–water partition coefficient (Wildman–Crippen LogP) is 0.766. The van der Waals surface area contributed by atoms with E-state index in [1.54, 1.807) is 0 Å².